The van der Waals surface area contributed by atoms with Crippen molar-refractivity contribution in [3.63, 3.8) is 0 Å². The van der Waals surface area contributed by atoms with E-state index in [1.807, 2.05) is 12.1 Å². The fraction of sp³-hybridized carbons (Fsp3) is 0.579. The van der Waals surface area contributed by atoms with Gasteiger partial charge in [-0.05, 0) is 61.9 Å². The smallest absolute Gasteiger partial charge is 0.0406 e. The molecule has 4 heteroatoms. The van der Waals surface area contributed by atoms with Crippen LogP contribution in [0.4, 0.5) is 0 Å². The van der Waals surface area contributed by atoms with Gasteiger partial charge in [-0.15, -0.1) is 11.6 Å². The highest BCUT2D eigenvalue weighted by atomic mass is 35.5. The molecule has 0 saturated carbocycles. The number of alkyl halides is 1. The summed E-state index contributed by atoms with van der Waals surface area (Å²) in [7, 11) is 0. The van der Waals surface area contributed by atoms with E-state index in [0.717, 1.165) is 44.0 Å². The molecule has 0 radical (unpaired) electrons. The molecule has 0 amide bonds. The molecule has 2 nitrogen and oxygen atoms in total. The number of benzene rings is 1. The summed E-state index contributed by atoms with van der Waals surface area (Å²) in [6.07, 6.45) is 9.29. The van der Waals surface area contributed by atoms with Crippen LogP contribution in [0.2, 0.25) is 5.02 Å². The molecule has 2 aliphatic rings. The van der Waals surface area contributed by atoms with Gasteiger partial charge in [0, 0.05) is 30.0 Å². The maximum absolute atomic E-state index is 6.51. The first kappa shape index (κ1) is 17.3. The van der Waals surface area contributed by atoms with Crippen LogP contribution in [-0.4, -0.2) is 43.0 Å². The van der Waals surface area contributed by atoms with Gasteiger partial charge < -0.3 is 5.32 Å². The number of nitrogens with one attached hydrogen (secondary N) is 1. The Balaban J connectivity index is 1.57. The summed E-state index contributed by atoms with van der Waals surface area (Å²) in [4.78, 5) is 2.58. The van der Waals surface area contributed by atoms with Gasteiger partial charge in [0.05, 0.1) is 0 Å². The molecule has 2 saturated heterocycles. The number of likely N-dealkylation sites (tertiary alicyclic amines) is 1. The molecule has 1 aromatic carbocycles. The van der Waals surface area contributed by atoms with Gasteiger partial charge in [0.2, 0.25) is 0 Å². The van der Waals surface area contributed by atoms with Crippen molar-refractivity contribution in [3.8, 4) is 0 Å². The highest BCUT2D eigenvalue weighted by Gasteiger charge is 2.37. The van der Waals surface area contributed by atoms with Crippen molar-refractivity contribution in [1.29, 1.82) is 0 Å². The Kier molecular flexibility index (Phi) is 6.03. The second kappa shape index (κ2) is 8.02. The van der Waals surface area contributed by atoms with Gasteiger partial charge in [0.15, 0.2) is 0 Å². The number of rotatable bonds is 3. The van der Waals surface area contributed by atoms with E-state index >= 15 is 0 Å². The summed E-state index contributed by atoms with van der Waals surface area (Å²) >= 11 is 12.4. The number of piperidine rings is 1. The topological polar surface area (TPSA) is 15.3 Å². The average molecular weight is 353 g/mol. The lowest BCUT2D eigenvalue weighted by Crippen LogP contribution is -2.48. The van der Waals surface area contributed by atoms with Crippen LogP contribution in [0.1, 0.15) is 31.2 Å². The van der Waals surface area contributed by atoms with Crippen molar-refractivity contribution in [2.75, 3.05) is 32.7 Å². The van der Waals surface area contributed by atoms with Crippen LogP contribution in [0.5, 0.6) is 0 Å². The van der Waals surface area contributed by atoms with E-state index in [1.165, 1.54) is 24.9 Å². The minimum atomic E-state index is 0.328. The lowest BCUT2D eigenvalue weighted by molar-refractivity contribution is 0.0926. The van der Waals surface area contributed by atoms with Crippen molar-refractivity contribution >= 4 is 29.3 Å². The normalized spacial score (nSPS) is 29.9. The second-order valence-electron chi connectivity index (χ2n) is 7.06. The van der Waals surface area contributed by atoms with Crippen LogP contribution >= 0.6 is 23.2 Å². The molecular formula is C19H26Cl2N2. The molecule has 0 aliphatic carbocycles. The van der Waals surface area contributed by atoms with Crippen LogP contribution in [0.3, 0.4) is 0 Å². The SMILES string of the molecule is Clc1ccc(C=CCN2CCCC3(CNCCC(Cl)C3)C2)cc1. The minimum absolute atomic E-state index is 0.328. The third-order valence-corrected chi connectivity index (χ3v) is 5.70. The zero-order chi connectivity index (χ0) is 16.1. The van der Waals surface area contributed by atoms with Gasteiger partial charge in [-0.2, -0.15) is 0 Å². The van der Waals surface area contributed by atoms with Crippen LogP contribution in [-0.2, 0) is 0 Å². The quantitative estimate of drug-likeness (QED) is 0.809. The Morgan fingerprint density at radius 2 is 2.13 bits per heavy atom. The Morgan fingerprint density at radius 1 is 1.30 bits per heavy atom. The Labute approximate surface area is 149 Å². The van der Waals surface area contributed by atoms with Crippen molar-refractivity contribution < 1.29 is 0 Å². The molecule has 126 valence electrons. The molecule has 2 atom stereocenters. The van der Waals surface area contributed by atoms with Gasteiger partial charge in [0.1, 0.15) is 0 Å². The van der Waals surface area contributed by atoms with E-state index in [1.54, 1.807) is 0 Å². The summed E-state index contributed by atoms with van der Waals surface area (Å²) in [5, 5.41) is 4.72. The van der Waals surface area contributed by atoms with Crippen molar-refractivity contribution in [3.05, 3.63) is 40.9 Å². The van der Waals surface area contributed by atoms with Crippen LogP contribution < -0.4 is 5.32 Å². The molecular weight excluding hydrogens is 327 g/mol. The Morgan fingerprint density at radius 3 is 2.96 bits per heavy atom. The molecule has 1 spiro atoms. The fourth-order valence-electron chi connectivity index (χ4n) is 3.94. The van der Waals surface area contributed by atoms with Crippen molar-refractivity contribution in [2.24, 2.45) is 5.41 Å². The monoisotopic (exact) mass is 352 g/mol. The molecule has 3 rings (SSSR count). The van der Waals surface area contributed by atoms with Gasteiger partial charge in [0.25, 0.3) is 0 Å². The molecule has 0 aromatic heterocycles. The minimum Gasteiger partial charge on any atom is -0.316 e. The second-order valence-corrected chi connectivity index (χ2v) is 8.11. The summed E-state index contributed by atoms with van der Waals surface area (Å²) in [6, 6.07) is 8.00. The van der Waals surface area contributed by atoms with Crippen LogP contribution in [0, 0.1) is 5.41 Å². The zero-order valence-electron chi connectivity index (χ0n) is 13.6. The van der Waals surface area contributed by atoms with E-state index in [-0.39, 0.29) is 0 Å². The number of halogens is 2. The first-order valence-corrected chi connectivity index (χ1v) is 9.46. The first-order valence-electron chi connectivity index (χ1n) is 8.65. The Hall–Kier alpha value is -0.540. The van der Waals surface area contributed by atoms with Gasteiger partial charge >= 0.3 is 0 Å². The van der Waals surface area contributed by atoms with E-state index < -0.39 is 0 Å². The van der Waals surface area contributed by atoms with Crippen LogP contribution in [0.25, 0.3) is 6.08 Å². The molecule has 2 aliphatic heterocycles. The van der Waals surface area contributed by atoms with Crippen molar-refractivity contribution in [1.82, 2.24) is 10.2 Å². The summed E-state index contributed by atoms with van der Waals surface area (Å²) in [6.45, 7) is 5.55. The molecule has 2 unspecified atom stereocenters. The van der Waals surface area contributed by atoms with Gasteiger partial charge in [-0.1, -0.05) is 35.9 Å². The van der Waals surface area contributed by atoms with E-state index in [0.29, 0.717) is 10.8 Å². The standard InChI is InChI=1S/C19H26Cl2N2/c20-17-6-4-16(5-7-17)3-1-11-23-12-2-9-19(15-23)13-18(21)8-10-22-14-19/h1,3-7,18,22H,2,8-15H2. The molecule has 23 heavy (non-hydrogen) atoms. The van der Waals surface area contributed by atoms with Gasteiger partial charge in [-0.3, -0.25) is 4.90 Å². The average Bonchev–Trinajstić information content (AvgIpc) is 2.71. The molecule has 0 bridgehead atoms. The maximum atomic E-state index is 6.51. The van der Waals surface area contributed by atoms with Crippen molar-refractivity contribution in [2.45, 2.75) is 31.1 Å². The first-order chi connectivity index (χ1) is 11.2. The predicted octanol–water partition coefficient (Wildman–Crippen LogP) is 4.43. The lowest BCUT2D eigenvalue weighted by atomic mass is 9.76. The largest absolute Gasteiger partial charge is 0.316 e. The summed E-state index contributed by atoms with van der Waals surface area (Å²) < 4.78 is 0. The van der Waals surface area contributed by atoms with E-state index in [4.69, 9.17) is 23.2 Å². The third kappa shape index (κ3) is 4.96. The maximum Gasteiger partial charge on any atom is 0.0406 e. The predicted molar refractivity (Wildman–Crippen MR) is 100 cm³/mol. The lowest BCUT2D eigenvalue weighted by Gasteiger charge is -2.43. The highest BCUT2D eigenvalue weighted by Crippen LogP contribution is 2.37. The molecule has 2 fully saturated rings. The van der Waals surface area contributed by atoms with E-state index in [9.17, 15) is 0 Å². The molecule has 2 heterocycles. The number of nitrogens with zero attached hydrogens (tertiary/aromatic N) is 1. The third-order valence-electron chi connectivity index (χ3n) is 5.07. The summed E-state index contributed by atoms with van der Waals surface area (Å²) in [5.41, 5.74) is 1.58. The van der Waals surface area contributed by atoms with Gasteiger partial charge in [-0.25, -0.2) is 0 Å². The Bertz CT molecular complexity index is 529. The van der Waals surface area contributed by atoms with Crippen LogP contribution in [0.15, 0.2) is 30.3 Å². The molecule has 1 N–H and O–H groups in total. The fourth-order valence-corrected chi connectivity index (χ4v) is 4.51. The highest BCUT2D eigenvalue weighted by molar-refractivity contribution is 6.30. The summed E-state index contributed by atoms with van der Waals surface area (Å²) in [5.74, 6) is 0. The number of hydrogen-bond acceptors (Lipinski definition) is 2. The van der Waals surface area contributed by atoms with E-state index in [2.05, 4.69) is 34.5 Å². The number of hydrogen-bond donors (Lipinski definition) is 1. The molecule has 1 aromatic rings. The zero-order valence-corrected chi connectivity index (χ0v) is 15.1.